The van der Waals surface area contributed by atoms with Gasteiger partial charge >= 0.3 is 13.7 Å². The molecule has 0 aliphatic rings. The number of hydrogen-bond acceptors (Lipinski definition) is 6. The minimum Gasteiger partial charge on any atom is -0.480 e. The fraction of sp³-hybridized carbons (Fsp3) is 0.188. The van der Waals surface area contributed by atoms with Gasteiger partial charge in [-0.15, -0.1) is 0 Å². The maximum atomic E-state index is 13.1. The molecule has 0 saturated heterocycles. The number of carbonyl (C=O) groups is 1. The molecule has 2 atom stereocenters. The van der Waals surface area contributed by atoms with Crippen LogP contribution in [0.2, 0.25) is 0 Å². The molecule has 10 heteroatoms. The van der Waals surface area contributed by atoms with Gasteiger partial charge in [0.25, 0.3) is 5.69 Å². The fourth-order valence-corrected chi connectivity index (χ4v) is 3.51. The third kappa shape index (κ3) is 5.05. The number of carboxylic acids is 1. The Morgan fingerprint density at radius 1 is 1.19 bits per heavy atom. The molecule has 0 amide bonds. The smallest absolute Gasteiger partial charge is 0.480 e. The largest absolute Gasteiger partial charge is 0.513 e. The molecule has 0 radical (unpaired) electrons. The predicted octanol–water partition coefficient (Wildman–Crippen LogP) is 3.53. The molecule has 0 aromatic heterocycles. The molecule has 0 aliphatic carbocycles. The summed E-state index contributed by atoms with van der Waals surface area (Å²) in [6, 6.07) is 10.3. The lowest BCUT2D eigenvalue weighted by atomic mass is 10.2. The van der Waals surface area contributed by atoms with Crippen molar-refractivity contribution in [3.8, 4) is 11.5 Å². The van der Waals surface area contributed by atoms with Crippen LogP contribution < -0.4 is 14.1 Å². The number of nitrogens with zero attached hydrogens (tertiary/aromatic N) is 1. The Morgan fingerprint density at radius 2 is 1.81 bits per heavy atom. The number of rotatable bonds is 8. The molecule has 138 valence electrons. The van der Waals surface area contributed by atoms with E-state index in [1.807, 2.05) is 0 Å². The van der Waals surface area contributed by atoms with Gasteiger partial charge in [0.1, 0.15) is 17.5 Å². The molecular weight excluding hydrogens is 363 g/mol. The highest BCUT2D eigenvalue weighted by Gasteiger charge is 2.33. The number of carboxylic acid groups (broad SMARTS) is 1. The van der Waals surface area contributed by atoms with Crippen LogP contribution >= 0.6 is 7.75 Å². The van der Waals surface area contributed by atoms with Gasteiger partial charge in [0.2, 0.25) is 0 Å². The number of nitro groups is 1. The maximum Gasteiger partial charge on any atom is 0.513 e. The van der Waals surface area contributed by atoms with Crippen LogP contribution in [0.25, 0.3) is 0 Å². The topological polar surface area (TPSA) is 128 Å². The molecule has 0 spiro atoms. The molecule has 2 aromatic rings. The molecule has 2 N–H and O–H groups in total. The van der Waals surface area contributed by atoms with Crippen LogP contribution in [0.3, 0.4) is 0 Å². The number of benzene rings is 2. The number of aryl methyl sites for hydroxylation is 1. The van der Waals surface area contributed by atoms with E-state index >= 15 is 0 Å². The molecule has 0 fully saturated rings. The van der Waals surface area contributed by atoms with Crippen LogP contribution in [-0.2, 0) is 9.36 Å². The van der Waals surface area contributed by atoms with Gasteiger partial charge in [-0.3, -0.25) is 14.9 Å². The number of nitrogens with one attached hydrogen (secondary N) is 1. The Labute approximate surface area is 149 Å². The lowest BCUT2D eigenvalue weighted by Gasteiger charge is -2.22. The van der Waals surface area contributed by atoms with E-state index in [0.717, 1.165) is 0 Å². The van der Waals surface area contributed by atoms with Gasteiger partial charge in [-0.1, -0.05) is 18.2 Å². The second-order valence-electron chi connectivity index (χ2n) is 5.39. The van der Waals surface area contributed by atoms with Gasteiger partial charge in [0.05, 0.1) is 4.92 Å². The fourth-order valence-electron chi connectivity index (χ4n) is 1.92. The van der Waals surface area contributed by atoms with Crippen molar-refractivity contribution < 1.29 is 28.4 Å². The summed E-state index contributed by atoms with van der Waals surface area (Å²) in [4.78, 5) is 21.2. The van der Waals surface area contributed by atoms with E-state index in [4.69, 9.17) is 14.2 Å². The second-order valence-corrected chi connectivity index (χ2v) is 7.00. The number of non-ortho nitro benzene ring substituents is 1. The second kappa shape index (κ2) is 7.99. The zero-order valence-electron chi connectivity index (χ0n) is 14.0. The summed E-state index contributed by atoms with van der Waals surface area (Å²) in [5.41, 5.74) is 0.503. The van der Waals surface area contributed by atoms with Gasteiger partial charge in [0, 0.05) is 12.1 Å². The molecule has 2 rings (SSSR count). The third-order valence-corrected chi connectivity index (χ3v) is 4.90. The summed E-state index contributed by atoms with van der Waals surface area (Å²) >= 11 is 0. The summed E-state index contributed by atoms with van der Waals surface area (Å²) < 4.78 is 23.9. The standard InChI is InChI=1S/C16H17N2O7P/c1-11-5-3-4-6-15(11)25-26(23,17-12(2)16(19)20)24-14-9-7-13(8-10-14)18(21)22/h3-10,12H,1-2H3,(H,17,23)(H,19,20)/t12-,26?/m0/s1. The zero-order valence-corrected chi connectivity index (χ0v) is 14.9. The van der Waals surface area contributed by atoms with E-state index < -0.39 is 24.7 Å². The van der Waals surface area contributed by atoms with Gasteiger partial charge in [-0.05, 0) is 37.6 Å². The Kier molecular flexibility index (Phi) is 5.97. The van der Waals surface area contributed by atoms with Crippen molar-refractivity contribution in [2.45, 2.75) is 19.9 Å². The molecule has 0 bridgehead atoms. The number of hydrogen-bond donors (Lipinski definition) is 2. The van der Waals surface area contributed by atoms with Crippen molar-refractivity contribution in [2.24, 2.45) is 0 Å². The lowest BCUT2D eigenvalue weighted by molar-refractivity contribution is -0.384. The van der Waals surface area contributed by atoms with E-state index in [0.29, 0.717) is 5.56 Å². The predicted molar refractivity (Wildman–Crippen MR) is 93.4 cm³/mol. The molecule has 26 heavy (non-hydrogen) atoms. The minimum atomic E-state index is -4.14. The van der Waals surface area contributed by atoms with Crippen LogP contribution in [0.15, 0.2) is 48.5 Å². The molecule has 1 unspecified atom stereocenters. The van der Waals surface area contributed by atoms with Gasteiger partial charge < -0.3 is 14.2 Å². The highest BCUT2D eigenvalue weighted by Crippen LogP contribution is 2.46. The number of aliphatic carboxylic acids is 1. The highest BCUT2D eigenvalue weighted by atomic mass is 31.2. The number of para-hydroxylation sites is 1. The molecule has 2 aromatic carbocycles. The van der Waals surface area contributed by atoms with E-state index in [-0.39, 0.29) is 17.2 Å². The Morgan fingerprint density at radius 3 is 2.35 bits per heavy atom. The first-order valence-electron chi connectivity index (χ1n) is 7.50. The molecule has 9 nitrogen and oxygen atoms in total. The van der Waals surface area contributed by atoms with Gasteiger partial charge in [-0.2, -0.15) is 5.09 Å². The number of nitro benzene ring substituents is 1. The Balaban J connectivity index is 2.30. The minimum absolute atomic E-state index is 0.0256. The van der Waals surface area contributed by atoms with Crippen LogP contribution in [0, 0.1) is 17.0 Å². The quantitative estimate of drug-likeness (QED) is 0.404. The van der Waals surface area contributed by atoms with E-state index in [9.17, 15) is 19.5 Å². The van der Waals surface area contributed by atoms with Crippen LogP contribution in [-0.4, -0.2) is 22.0 Å². The van der Waals surface area contributed by atoms with Crippen molar-refractivity contribution >= 4 is 19.4 Å². The van der Waals surface area contributed by atoms with E-state index in [1.54, 1.807) is 31.2 Å². The first kappa shape index (κ1) is 19.4. The van der Waals surface area contributed by atoms with E-state index in [1.165, 1.54) is 31.2 Å². The Bertz CT molecular complexity index is 854. The molecule has 0 heterocycles. The Hall–Kier alpha value is -2.90. The monoisotopic (exact) mass is 380 g/mol. The van der Waals surface area contributed by atoms with Crippen molar-refractivity contribution in [3.63, 3.8) is 0 Å². The van der Waals surface area contributed by atoms with Crippen LogP contribution in [0.4, 0.5) is 5.69 Å². The summed E-state index contributed by atoms with van der Waals surface area (Å²) in [6.07, 6.45) is 0. The molecular formula is C16H17N2O7P. The van der Waals surface area contributed by atoms with Crippen molar-refractivity contribution in [3.05, 3.63) is 64.2 Å². The molecule has 0 aliphatic heterocycles. The first-order chi connectivity index (χ1) is 12.2. The third-order valence-electron chi connectivity index (χ3n) is 3.31. The lowest BCUT2D eigenvalue weighted by Crippen LogP contribution is -2.34. The highest BCUT2D eigenvalue weighted by molar-refractivity contribution is 7.52. The van der Waals surface area contributed by atoms with Crippen molar-refractivity contribution in [1.82, 2.24) is 5.09 Å². The van der Waals surface area contributed by atoms with Gasteiger partial charge in [0.15, 0.2) is 0 Å². The molecule has 0 saturated carbocycles. The average Bonchev–Trinajstić information content (AvgIpc) is 2.57. The first-order valence-corrected chi connectivity index (χ1v) is 9.04. The zero-order chi connectivity index (χ0) is 19.3. The summed E-state index contributed by atoms with van der Waals surface area (Å²) in [7, 11) is -4.14. The normalized spacial score (nSPS) is 14.1. The maximum absolute atomic E-state index is 13.1. The summed E-state index contributed by atoms with van der Waals surface area (Å²) in [6.45, 7) is 3.02. The SMILES string of the molecule is Cc1ccccc1OP(=O)(N[C@@H](C)C(=O)O)Oc1ccc([N+](=O)[O-])cc1. The van der Waals surface area contributed by atoms with Crippen molar-refractivity contribution in [1.29, 1.82) is 0 Å². The average molecular weight is 380 g/mol. The van der Waals surface area contributed by atoms with Crippen molar-refractivity contribution in [2.75, 3.05) is 0 Å². The summed E-state index contributed by atoms with van der Waals surface area (Å²) in [5, 5.41) is 22.1. The van der Waals surface area contributed by atoms with Crippen LogP contribution in [0.5, 0.6) is 11.5 Å². The van der Waals surface area contributed by atoms with E-state index in [2.05, 4.69) is 5.09 Å². The van der Waals surface area contributed by atoms with Crippen LogP contribution in [0.1, 0.15) is 12.5 Å². The summed E-state index contributed by atoms with van der Waals surface area (Å²) in [5.74, 6) is -0.966. The van der Waals surface area contributed by atoms with Gasteiger partial charge in [-0.25, -0.2) is 4.57 Å².